The van der Waals surface area contributed by atoms with Crippen LogP contribution in [0.15, 0.2) is 32.7 Å². The molecule has 1 aromatic rings. The highest BCUT2D eigenvalue weighted by atomic mass is 79.9. The fraction of sp³-hybridized carbons (Fsp3) is 0.273. The molecule has 0 unspecified atom stereocenters. The summed E-state index contributed by atoms with van der Waals surface area (Å²) in [4.78, 5) is 7.75. The van der Waals surface area contributed by atoms with Gasteiger partial charge in [0.2, 0.25) is 5.96 Å². The molecule has 0 bridgehead atoms. The van der Waals surface area contributed by atoms with Gasteiger partial charge in [-0.05, 0) is 18.2 Å². The van der Waals surface area contributed by atoms with E-state index in [9.17, 15) is 0 Å². The lowest BCUT2D eigenvalue weighted by atomic mass is 10.2. The van der Waals surface area contributed by atoms with Gasteiger partial charge in [0.1, 0.15) is 0 Å². The fourth-order valence-electron chi connectivity index (χ4n) is 1.64. The third-order valence-corrected chi connectivity index (χ3v) is 2.74. The molecule has 102 valence electrons. The van der Waals surface area contributed by atoms with Crippen molar-refractivity contribution < 1.29 is 9.47 Å². The summed E-state index contributed by atoms with van der Waals surface area (Å²) in [7, 11) is 0. The molecule has 0 radical (unpaired) electrons. The van der Waals surface area contributed by atoms with Gasteiger partial charge in [0.05, 0.1) is 18.9 Å². The predicted octanol–water partition coefficient (Wildman–Crippen LogP) is 0.714. The zero-order valence-corrected chi connectivity index (χ0v) is 11.6. The first-order valence-corrected chi connectivity index (χ1v) is 6.31. The topological polar surface area (TPSA) is 121 Å². The average Bonchev–Trinajstić information content (AvgIpc) is 2.79. The summed E-state index contributed by atoms with van der Waals surface area (Å²) in [5, 5.41) is 0. The third kappa shape index (κ3) is 3.91. The molecule has 0 aliphatic carbocycles. The Balaban J connectivity index is 2.28. The molecule has 1 heterocycles. The van der Waals surface area contributed by atoms with Crippen LogP contribution >= 0.6 is 15.9 Å². The number of nitrogens with zero attached hydrogens (tertiary/aromatic N) is 2. The molecule has 0 amide bonds. The molecule has 1 aliphatic heterocycles. The lowest BCUT2D eigenvalue weighted by molar-refractivity contribution is -0.0441. The molecule has 0 atom stereocenters. The Labute approximate surface area is 118 Å². The fourth-order valence-corrected chi connectivity index (χ4v) is 2.14. The molecule has 1 saturated heterocycles. The number of benzene rings is 1. The van der Waals surface area contributed by atoms with E-state index in [0.29, 0.717) is 18.9 Å². The zero-order chi connectivity index (χ0) is 13.8. The minimum absolute atomic E-state index is 0.0164. The van der Waals surface area contributed by atoms with Gasteiger partial charge in [0.15, 0.2) is 12.2 Å². The summed E-state index contributed by atoms with van der Waals surface area (Å²) in [6.45, 7) is 1.15. The summed E-state index contributed by atoms with van der Waals surface area (Å²) >= 11 is 3.39. The van der Waals surface area contributed by atoms with E-state index in [1.54, 1.807) is 12.1 Å². The molecule has 6 N–H and O–H groups in total. The van der Waals surface area contributed by atoms with Crippen molar-refractivity contribution in [1.82, 2.24) is 0 Å². The summed E-state index contributed by atoms with van der Waals surface area (Å²) < 4.78 is 11.7. The van der Waals surface area contributed by atoms with E-state index in [0.717, 1.165) is 10.0 Å². The van der Waals surface area contributed by atoms with Gasteiger partial charge < -0.3 is 26.7 Å². The van der Waals surface area contributed by atoms with Gasteiger partial charge in [0.25, 0.3) is 0 Å². The standard InChI is InChI=1S/C11H14BrN5O2/c12-7-3-6(9-18-1-2-19-9)4-8(5-7)16-11(15)17-10(13)14/h3-5,9H,1-2H2,(H6,13,14,15,16,17). The van der Waals surface area contributed by atoms with Gasteiger partial charge in [0, 0.05) is 10.0 Å². The van der Waals surface area contributed by atoms with Gasteiger partial charge in [-0.25, -0.2) is 4.99 Å². The molecule has 1 aromatic carbocycles. The number of rotatable bonds is 2. The second-order valence-corrected chi connectivity index (χ2v) is 4.74. The molecule has 1 fully saturated rings. The number of ether oxygens (including phenoxy) is 2. The third-order valence-electron chi connectivity index (χ3n) is 2.29. The highest BCUT2D eigenvalue weighted by molar-refractivity contribution is 9.10. The summed E-state index contributed by atoms with van der Waals surface area (Å²) in [5.74, 6) is -0.156. The Hall–Kier alpha value is -1.64. The largest absolute Gasteiger partial charge is 0.370 e. The zero-order valence-electron chi connectivity index (χ0n) is 10.0. The molecule has 0 aromatic heterocycles. The Kier molecular flexibility index (Phi) is 4.35. The Morgan fingerprint density at radius 3 is 2.47 bits per heavy atom. The number of hydrogen-bond acceptors (Lipinski definition) is 3. The van der Waals surface area contributed by atoms with Gasteiger partial charge in [-0.15, -0.1) is 0 Å². The monoisotopic (exact) mass is 327 g/mol. The van der Waals surface area contributed by atoms with Gasteiger partial charge in [-0.2, -0.15) is 4.99 Å². The normalized spacial score (nSPS) is 16.6. The second kappa shape index (κ2) is 6.00. The van der Waals surface area contributed by atoms with Crippen molar-refractivity contribution in [1.29, 1.82) is 0 Å². The minimum atomic E-state index is -0.379. The smallest absolute Gasteiger partial charge is 0.223 e. The van der Waals surface area contributed by atoms with Crippen LogP contribution < -0.4 is 17.2 Å². The van der Waals surface area contributed by atoms with Crippen LogP contribution in [0.5, 0.6) is 0 Å². The van der Waals surface area contributed by atoms with Crippen molar-refractivity contribution in [3.63, 3.8) is 0 Å². The predicted molar refractivity (Wildman–Crippen MR) is 75.9 cm³/mol. The molecule has 7 nitrogen and oxygen atoms in total. The number of halogens is 1. The molecule has 1 aliphatic rings. The molecule has 19 heavy (non-hydrogen) atoms. The SMILES string of the molecule is NC(N)=NC(N)=Nc1cc(Br)cc(C2OCCO2)c1. The maximum atomic E-state index is 5.58. The highest BCUT2D eigenvalue weighted by Crippen LogP contribution is 2.30. The Morgan fingerprint density at radius 1 is 1.16 bits per heavy atom. The van der Waals surface area contributed by atoms with Crippen LogP contribution in [0.2, 0.25) is 0 Å². The first-order valence-electron chi connectivity index (χ1n) is 5.52. The first kappa shape index (κ1) is 13.8. The van der Waals surface area contributed by atoms with Crippen LogP contribution in [0.1, 0.15) is 11.9 Å². The van der Waals surface area contributed by atoms with Crippen molar-refractivity contribution >= 4 is 33.5 Å². The van der Waals surface area contributed by atoms with Crippen LogP contribution in [0.4, 0.5) is 5.69 Å². The van der Waals surface area contributed by atoms with Crippen molar-refractivity contribution in [3.8, 4) is 0 Å². The molecule has 2 rings (SSSR count). The van der Waals surface area contributed by atoms with E-state index in [2.05, 4.69) is 25.9 Å². The number of aliphatic imine (C=N–C) groups is 2. The van der Waals surface area contributed by atoms with Crippen LogP contribution in [0.3, 0.4) is 0 Å². The molecule has 8 heteroatoms. The van der Waals surface area contributed by atoms with Crippen LogP contribution in [-0.2, 0) is 9.47 Å². The summed E-state index contributed by atoms with van der Waals surface area (Å²) in [6, 6.07) is 5.48. The van der Waals surface area contributed by atoms with E-state index in [-0.39, 0.29) is 18.2 Å². The van der Waals surface area contributed by atoms with E-state index < -0.39 is 0 Å². The number of guanidine groups is 2. The quantitative estimate of drug-likeness (QED) is 0.545. The molecule has 0 spiro atoms. The first-order chi connectivity index (χ1) is 9.04. The van der Waals surface area contributed by atoms with Gasteiger partial charge >= 0.3 is 0 Å². The van der Waals surface area contributed by atoms with Crippen LogP contribution in [0, 0.1) is 0 Å². The second-order valence-electron chi connectivity index (χ2n) is 3.82. The molecular formula is C11H14BrN5O2. The van der Waals surface area contributed by atoms with Gasteiger partial charge in [-0.1, -0.05) is 15.9 Å². The number of hydrogen-bond donors (Lipinski definition) is 3. The molecular weight excluding hydrogens is 314 g/mol. The number of nitrogens with two attached hydrogens (primary N) is 3. The van der Waals surface area contributed by atoms with Crippen molar-refractivity contribution in [2.75, 3.05) is 13.2 Å². The maximum absolute atomic E-state index is 5.58. The van der Waals surface area contributed by atoms with Crippen LogP contribution in [-0.4, -0.2) is 25.1 Å². The Bertz CT molecular complexity index is 522. The minimum Gasteiger partial charge on any atom is -0.370 e. The van der Waals surface area contributed by atoms with E-state index in [1.807, 2.05) is 6.07 Å². The Morgan fingerprint density at radius 2 is 1.84 bits per heavy atom. The van der Waals surface area contributed by atoms with Crippen molar-refractivity contribution in [2.24, 2.45) is 27.2 Å². The lowest BCUT2D eigenvalue weighted by Crippen LogP contribution is -2.26. The van der Waals surface area contributed by atoms with E-state index >= 15 is 0 Å². The van der Waals surface area contributed by atoms with E-state index in [1.165, 1.54) is 0 Å². The highest BCUT2D eigenvalue weighted by Gasteiger charge is 2.19. The average molecular weight is 328 g/mol. The van der Waals surface area contributed by atoms with Gasteiger partial charge in [-0.3, -0.25) is 0 Å². The van der Waals surface area contributed by atoms with Crippen LogP contribution in [0.25, 0.3) is 0 Å². The lowest BCUT2D eigenvalue weighted by Gasteiger charge is -2.10. The summed E-state index contributed by atoms with van der Waals surface area (Å²) in [5.41, 5.74) is 17.5. The maximum Gasteiger partial charge on any atom is 0.223 e. The van der Waals surface area contributed by atoms with Crippen molar-refractivity contribution in [3.05, 3.63) is 28.2 Å². The van der Waals surface area contributed by atoms with Crippen molar-refractivity contribution in [2.45, 2.75) is 6.29 Å². The summed E-state index contributed by atoms with van der Waals surface area (Å²) in [6.07, 6.45) is -0.379. The molecule has 0 saturated carbocycles. The van der Waals surface area contributed by atoms with E-state index in [4.69, 9.17) is 26.7 Å².